The van der Waals surface area contributed by atoms with E-state index >= 15 is 0 Å². The van der Waals surface area contributed by atoms with Crippen LogP contribution in [0.15, 0.2) is 54.6 Å². The van der Waals surface area contributed by atoms with Gasteiger partial charge in [-0.15, -0.1) is 0 Å². The van der Waals surface area contributed by atoms with Gasteiger partial charge in [-0.25, -0.2) is 4.79 Å². The molecule has 3 rings (SSSR count). The van der Waals surface area contributed by atoms with Crippen LogP contribution in [0, 0.1) is 5.41 Å². The predicted molar refractivity (Wildman–Crippen MR) is 80.0 cm³/mol. The molecule has 0 aromatic heterocycles. The molecule has 0 fully saturated rings. The third kappa shape index (κ3) is 2.29. The summed E-state index contributed by atoms with van der Waals surface area (Å²) < 4.78 is 4.95. The van der Waals surface area contributed by atoms with Gasteiger partial charge >= 0.3 is 5.97 Å². The third-order valence-corrected chi connectivity index (χ3v) is 3.75. The van der Waals surface area contributed by atoms with Crippen molar-refractivity contribution < 1.29 is 9.53 Å². The number of nitrogens with zero attached hydrogens (tertiary/aromatic N) is 1. The summed E-state index contributed by atoms with van der Waals surface area (Å²) in [6.07, 6.45) is 0. The van der Waals surface area contributed by atoms with Gasteiger partial charge in [0.15, 0.2) is 6.04 Å². The Kier molecular flexibility index (Phi) is 3.44. The molecule has 0 radical (unpaired) electrons. The highest BCUT2D eigenvalue weighted by Crippen LogP contribution is 2.31. The second-order valence-corrected chi connectivity index (χ2v) is 4.97. The molecule has 0 aliphatic carbocycles. The molecule has 0 saturated carbocycles. The zero-order valence-electron chi connectivity index (χ0n) is 11.7. The van der Waals surface area contributed by atoms with Crippen LogP contribution in [0.1, 0.15) is 22.7 Å². The van der Waals surface area contributed by atoms with E-state index < -0.39 is 6.04 Å². The number of carbonyl (C=O) groups excluding carboxylic acids is 1. The average molecular weight is 280 g/mol. The second kappa shape index (κ2) is 5.40. The highest BCUT2D eigenvalue weighted by Gasteiger charge is 2.35. The molecule has 0 amide bonds. The van der Waals surface area contributed by atoms with Crippen molar-refractivity contribution in [3.8, 4) is 0 Å². The van der Waals surface area contributed by atoms with Crippen LogP contribution in [0.3, 0.4) is 0 Å². The van der Waals surface area contributed by atoms with Crippen LogP contribution < -0.4 is 0 Å². The molecule has 1 aliphatic rings. The molecule has 106 valence electrons. The van der Waals surface area contributed by atoms with Gasteiger partial charge < -0.3 is 9.64 Å². The minimum Gasteiger partial charge on any atom is -0.467 e. The molecular formula is C17H16N2O2. The fourth-order valence-corrected chi connectivity index (χ4v) is 2.72. The molecule has 21 heavy (non-hydrogen) atoms. The number of benzene rings is 2. The van der Waals surface area contributed by atoms with E-state index in [9.17, 15) is 4.79 Å². The Morgan fingerprint density at radius 2 is 1.81 bits per heavy atom. The highest BCUT2D eigenvalue weighted by molar-refractivity contribution is 6.02. The van der Waals surface area contributed by atoms with Crippen molar-refractivity contribution in [3.63, 3.8) is 0 Å². The number of hydrogen-bond acceptors (Lipinski definition) is 3. The first-order valence-corrected chi connectivity index (χ1v) is 6.78. The average Bonchev–Trinajstić information content (AvgIpc) is 2.86. The smallest absolute Gasteiger partial charge is 0.333 e. The maximum Gasteiger partial charge on any atom is 0.333 e. The number of rotatable bonds is 3. The lowest BCUT2D eigenvalue weighted by atomic mass is 10.1. The number of hydrogen-bond donors (Lipinski definition) is 1. The number of nitrogens with one attached hydrogen (secondary N) is 1. The number of esters is 1. The highest BCUT2D eigenvalue weighted by atomic mass is 16.5. The zero-order valence-corrected chi connectivity index (χ0v) is 11.7. The standard InChI is InChI=1S/C17H16N2O2/c1-21-17(20)15(12-7-3-2-4-8-12)19-11-13-9-5-6-10-14(13)16(19)18/h2-10,15,18H,11H2,1H3. The Morgan fingerprint density at radius 1 is 1.14 bits per heavy atom. The van der Waals surface area contributed by atoms with E-state index in [4.69, 9.17) is 10.1 Å². The first-order valence-electron chi connectivity index (χ1n) is 6.78. The molecule has 1 heterocycles. The Morgan fingerprint density at radius 3 is 2.48 bits per heavy atom. The molecule has 1 N–H and O–H groups in total. The van der Waals surface area contributed by atoms with Crippen molar-refractivity contribution in [2.24, 2.45) is 0 Å². The summed E-state index contributed by atoms with van der Waals surface area (Å²) >= 11 is 0. The molecule has 1 aliphatic heterocycles. The van der Waals surface area contributed by atoms with E-state index in [2.05, 4.69) is 0 Å². The SMILES string of the molecule is COC(=O)C(c1ccccc1)N1Cc2ccccc2C1=N. The van der Waals surface area contributed by atoms with Crippen molar-refractivity contribution in [2.75, 3.05) is 7.11 Å². The van der Waals surface area contributed by atoms with Crippen molar-refractivity contribution in [1.82, 2.24) is 4.90 Å². The topological polar surface area (TPSA) is 53.4 Å². The molecule has 0 bridgehead atoms. The van der Waals surface area contributed by atoms with Gasteiger partial charge in [0.2, 0.25) is 0 Å². The van der Waals surface area contributed by atoms with E-state index in [1.54, 1.807) is 4.90 Å². The lowest BCUT2D eigenvalue weighted by molar-refractivity contribution is -0.145. The Hall–Kier alpha value is -2.62. The summed E-state index contributed by atoms with van der Waals surface area (Å²) in [5.41, 5.74) is 2.77. The van der Waals surface area contributed by atoms with Gasteiger partial charge in [-0.3, -0.25) is 5.41 Å². The first kappa shape index (κ1) is 13.4. The first-order chi connectivity index (χ1) is 10.2. The molecule has 1 unspecified atom stereocenters. The fraction of sp³-hybridized carbons (Fsp3) is 0.176. The van der Waals surface area contributed by atoms with E-state index in [0.717, 1.165) is 16.7 Å². The van der Waals surface area contributed by atoms with Gasteiger partial charge in [0.25, 0.3) is 0 Å². The van der Waals surface area contributed by atoms with Crippen molar-refractivity contribution in [1.29, 1.82) is 5.41 Å². The monoisotopic (exact) mass is 280 g/mol. The van der Waals surface area contributed by atoms with Crippen molar-refractivity contribution in [3.05, 3.63) is 71.3 Å². The van der Waals surface area contributed by atoms with E-state index in [1.165, 1.54) is 7.11 Å². The summed E-state index contributed by atoms with van der Waals surface area (Å²) in [5, 5.41) is 8.35. The van der Waals surface area contributed by atoms with Gasteiger partial charge in [0.05, 0.1) is 7.11 Å². The van der Waals surface area contributed by atoms with Crippen LogP contribution in [0.25, 0.3) is 0 Å². The summed E-state index contributed by atoms with van der Waals surface area (Å²) in [6, 6.07) is 16.6. The van der Waals surface area contributed by atoms with Crippen LogP contribution in [0.2, 0.25) is 0 Å². The molecule has 4 heteroatoms. The number of carbonyl (C=O) groups is 1. The van der Waals surface area contributed by atoms with Crippen LogP contribution in [-0.4, -0.2) is 23.8 Å². The van der Waals surface area contributed by atoms with Crippen LogP contribution >= 0.6 is 0 Å². The van der Waals surface area contributed by atoms with Gasteiger partial charge in [-0.05, 0) is 11.1 Å². The van der Waals surface area contributed by atoms with E-state index in [-0.39, 0.29) is 5.97 Å². The Bertz CT molecular complexity index is 682. The molecule has 1 atom stereocenters. The van der Waals surface area contributed by atoms with Gasteiger partial charge in [-0.1, -0.05) is 54.6 Å². The largest absolute Gasteiger partial charge is 0.467 e. The van der Waals surface area contributed by atoms with Crippen molar-refractivity contribution in [2.45, 2.75) is 12.6 Å². The van der Waals surface area contributed by atoms with Gasteiger partial charge in [-0.2, -0.15) is 0 Å². The van der Waals surface area contributed by atoms with Crippen LogP contribution in [-0.2, 0) is 16.1 Å². The minimum atomic E-state index is -0.587. The molecule has 4 nitrogen and oxygen atoms in total. The van der Waals surface area contributed by atoms with E-state index in [1.807, 2.05) is 54.6 Å². The Labute approximate surface area is 123 Å². The molecular weight excluding hydrogens is 264 g/mol. The second-order valence-electron chi connectivity index (χ2n) is 4.97. The van der Waals surface area contributed by atoms with Crippen LogP contribution in [0.4, 0.5) is 0 Å². The number of ether oxygens (including phenoxy) is 1. The van der Waals surface area contributed by atoms with Crippen molar-refractivity contribution >= 4 is 11.8 Å². The quantitative estimate of drug-likeness (QED) is 0.880. The fourth-order valence-electron chi connectivity index (χ4n) is 2.72. The van der Waals surface area contributed by atoms with E-state index in [0.29, 0.717) is 12.4 Å². The summed E-state index contributed by atoms with van der Waals surface area (Å²) in [5.74, 6) is 0.0172. The van der Waals surface area contributed by atoms with Gasteiger partial charge in [0, 0.05) is 12.1 Å². The normalized spacial score (nSPS) is 14.7. The minimum absolute atomic E-state index is 0.348. The summed E-state index contributed by atoms with van der Waals surface area (Å²) in [7, 11) is 1.38. The molecule has 0 spiro atoms. The maximum absolute atomic E-state index is 12.2. The van der Waals surface area contributed by atoms with Gasteiger partial charge in [0.1, 0.15) is 5.84 Å². The van der Waals surface area contributed by atoms with Crippen LogP contribution in [0.5, 0.6) is 0 Å². The molecule has 2 aromatic rings. The Balaban J connectivity index is 2.00. The number of fused-ring (bicyclic) bond motifs is 1. The number of methoxy groups -OCH3 is 1. The lowest BCUT2D eigenvalue weighted by Crippen LogP contribution is -2.35. The maximum atomic E-state index is 12.2. The third-order valence-electron chi connectivity index (χ3n) is 3.75. The summed E-state index contributed by atoms with van der Waals surface area (Å²) in [4.78, 5) is 14.0. The lowest BCUT2D eigenvalue weighted by Gasteiger charge is -2.27. The predicted octanol–water partition coefficient (Wildman–Crippen LogP) is 2.74. The summed E-state index contributed by atoms with van der Waals surface area (Å²) in [6.45, 7) is 0.545. The number of amidine groups is 1. The molecule has 2 aromatic carbocycles. The zero-order chi connectivity index (χ0) is 14.8. The molecule has 0 saturated heterocycles.